The second kappa shape index (κ2) is 6.21. The summed E-state index contributed by atoms with van der Waals surface area (Å²) in [6, 6.07) is 11.0. The van der Waals surface area contributed by atoms with Crippen LogP contribution in [0.4, 0.5) is 6.01 Å². The molecule has 18 heavy (non-hydrogen) atoms. The Morgan fingerprint density at radius 3 is 2.72 bits per heavy atom. The Kier molecular flexibility index (Phi) is 4.36. The molecule has 0 fully saturated rings. The van der Waals surface area contributed by atoms with E-state index in [0.717, 1.165) is 25.3 Å². The van der Waals surface area contributed by atoms with Crippen LogP contribution in [0.5, 0.6) is 0 Å². The second-order valence-corrected chi connectivity index (χ2v) is 4.15. The zero-order valence-electron chi connectivity index (χ0n) is 10.9. The van der Waals surface area contributed by atoms with Crippen LogP contribution in [0.1, 0.15) is 18.2 Å². The molecule has 0 saturated heterocycles. The molecule has 0 bridgehead atoms. The number of anilines is 1. The molecule has 96 valence electrons. The molecule has 1 heterocycles. The number of hydrogen-bond donors (Lipinski definition) is 1. The molecule has 1 aromatic heterocycles. The Balaban J connectivity index is 2.08. The van der Waals surface area contributed by atoms with Crippen molar-refractivity contribution >= 4 is 6.01 Å². The Morgan fingerprint density at radius 1 is 1.28 bits per heavy atom. The molecule has 0 atom stereocenters. The molecule has 0 aliphatic heterocycles. The van der Waals surface area contributed by atoms with Crippen molar-refractivity contribution < 1.29 is 4.42 Å². The van der Waals surface area contributed by atoms with E-state index < -0.39 is 0 Å². The standard InChI is InChI=1S/C14H19N3O/c1-3-17(10-12-7-5-4-6-8-12)14-16-13(9-15-2)11-18-14/h4-8,11,15H,3,9-10H2,1-2H3. The number of nitrogens with one attached hydrogen (secondary N) is 1. The van der Waals surface area contributed by atoms with E-state index in [9.17, 15) is 0 Å². The lowest BCUT2D eigenvalue weighted by Gasteiger charge is -2.18. The first-order valence-electron chi connectivity index (χ1n) is 6.21. The van der Waals surface area contributed by atoms with Crippen LogP contribution >= 0.6 is 0 Å². The van der Waals surface area contributed by atoms with E-state index in [0.29, 0.717) is 6.01 Å². The van der Waals surface area contributed by atoms with Crippen molar-refractivity contribution in [2.75, 3.05) is 18.5 Å². The molecule has 0 amide bonds. The van der Waals surface area contributed by atoms with Crippen LogP contribution in [0, 0.1) is 0 Å². The maximum atomic E-state index is 5.52. The molecule has 4 nitrogen and oxygen atoms in total. The molecule has 2 rings (SSSR count). The number of oxazole rings is 1. The van der Waals surface area contributed by atoms with E-state index in [1.54, 1.807) is 6.26 Å². The third-order valence-electron chi connectivity index (χ3n) is 2.77. The maximum absolute atomic E-state index is 5.52. The second-order valence-electron chi connectivity index (χ2n) is 4.15. The molecule has 0 saturated carbocycles. The first-order chi connectivity index (χ1) is 8.83. The summed E-state index contributed by atoms with van der Waals surface area (Å²) in [5.74, 6) is 0. The van der Waals surface area contributed by atoms with Gasteiger partial charge < -0.3 is 14.6 Å². The van der Waals surface area contributed by atoms with Crippen molar-refractivity contribution in [1.29, 1.82) is 0 Å². The number of aromatic nitrogens is 1. The monoisotopic (exact) mass is 245 g/mol. The highest BCUT2D eigenvalue weighted by molar-refractivity contribution is 5.30. The lowest BCUT2D eigenvalue weighted by molar-refractivity contribution is 0.534. The minimum atomic E-state index is 0.687. The molecule has 1 aromatic carbocycles. The predicted octanol–water partition coefficient (Wildman–Crippen LogP) is 2.42. The first kappa shape index (κ1) is 12.6. The Bertz CT molecular complexity index is 467. The van der Waals surface area contributed by atoms with E-state index in [1.807, 2.05) is 25.2 Å². The topological polar surface area (TPSA) is 41.3 Å². The van der Waals surface area contributed by atoms with Gasteiger partial charge in [-0.15, -0.1) is 0 Å². The van der Waals surface area contributed by atoms with E-state index in [2.05, 4.69) is 34.3 Å². The van der Waals surface area contributed by atoms with Gasteiger partial charge in [-0.1, -0.05) is 30.3 Å². The van der Waals surface area contributed by atoms with E-state index in [4.69, 9.17) is 4.42 Å². The smallest absolute Gasteiger partial charge is 0.297 e. The van der Waals surface area contributed by atoms with Gasteiger partial charge in [0.05, 0.1) is 5.69 Å². The largest absolute Gasteiger partial charge is 0.432 e. The first-order valence-corrected chi connectivity index (χ1v) is 6.21. The summed E-state index contributed by atoms with van der Waals surface area (Å²) in [5.41, 5.74) is 2.19. The number of benzene rings is 1. The fourth-order valence-corrected chi connectivity index (χ4v) is 1.82. The summed E-state index contributed by atoms with van der Waals surface area (Å²) < 4.78 is 5.52. The Labute approximate surface area is 108 Å². The van der Waals surface area contributed by atoms with Crippen molar-refractivity contribution in [2.24, 2.45) is 0 Å². The molecule has 0 unspecified atom stereocenters. The van der Waals surface area contributed by atoms with Gasteiger partial charge in [0.15, 0.2) is 0 Å². The predicted molar refractivity (Wildman–Crippen MR) is 72.4 cm³/mol. The molecule has 0 spiro atoms. The molecule has 0 aliphatic carbocycles. The average Bonchev–Trinajstić information content (AvgIpc) is 2.86. The van der Waals surface area contributed by atoms with Gasteiger partial charge in [0.2, 0.25) is 0 Å². The minimum Gasteiger partial charge on any atom is -0.432 e. The van der Waals surface area contributed by atoms with Gasteiger partial charge in [0.1, 0.15) is 6.26 Å². The van der Waals surface area contributed by atoms with E-state index in [1.165, 1.54) is 5.56 Å². The number of nitrogens with zero attached hydrogens (tertiary/aromatic N) is 2. The van der Waals surface area contributed by atoms with Crippen LogP contribution < -0.4 is 10.2 Å². The summed E-state index contributed by atoms with van der Waals surface area (Å²) in [5, 5.41) is 3.06. The van der Waals surface area contributed by atoms with Gasteiger partial charge in [-0.05, 0) is 19.5 Å². The van der Waals surface area contributed by atoms with Crippen molar-refractivity contribution in [1.82, 2.24) is 10.3 Å². The lowest BCUT2D eigenvalue weighted by Crippen LogP contribution is -2.22. The molecule has 0 radical (unpaired) electrons. The highest BCUT2D eigenvalue weighted by Gasteiger charge is 2.11. The molecule has 2 aromatic rings. The lowest BCUT2D eigenvalue weighted by atomic mass is 10.2. The average molecular weight is 245 g/mol. The van der Waals surface area contributed by atoms with Gasteiger partial charge in [-0.2, -0.15) is 4.98 Å². The van der Waals surface area contributed by atoms with Gasteiger partial charge in [0.25, 0.3) is 6.01 Å². The van der Waals surface area contributed by atoms with Crippen molar-refractivity contribution in [3.63, 3.8) is 0 Å². The Hall–Kier alpha value is -1.81. The zero-order valence-corrected chi connectivity index (χ0v) is 10.9. The van der Waals surface area contributed by atoms with Crippen molar-refractivity contribution in [2.45, 2.75) is 20.0 Å². The highest BCUT2D eigenvalue weighted by atomic mass is 16.4. The highest BCUT2D eigenvalue weighted by Crippen LogP contribution is 2.16. The fourth-order valence-electron chi connectivity index (χ4n) is 1.82. The third kappa shape index (κ3) is 3.11. The van der Waals surface area contributed by atoms with Crippen LogP contribution in [0.3, 0.4) is 0 Å². The van der Waals surface area contributed by atoms with E-state index >= 15 is 0 Å². The summed E-state index contributed by atoms with van der Waals surface area (Å²) in [4.78, 5) is 6.58. The normalized spacial score (nSPS) is 10.6. The van der Waals surface area contributed by atoms with Crippen molar-refractivity contribution in [3.8, 4) is 0 Å². The quantitative estimate of drug-likeness (QED) is 0.848. The Morgan fingerprint density at radius 2 is 2.06 bits per heavy atom. The van der Waals surface area contributed by atoms with Crippen LogP contribution in [0.15, 0.2) is 41.0 Å². The number of rotatable bonds is 6. The fraction of sp³-hybridized carbons (Fsp3) is 0.357. The summed E-state index contributed by atoms with van der Waals surface area (Å²) >= 11 is 0. The summed E-state index contributed by atoms with van der Waals surface area (Å²) in [6.45, 7) is 4.52. The van der Waals surface area contributed by atoms with Crippen LogP contribution in [-0.2, 0) is 13.1 Å². The summed E-state index contributed by atoms with van der Waals surface area (Å²) in [6.07, 6.45) is 1.71. The van der Waals surface area contributed by atoms with Crippen LogP contribution in [-0.4, -0.2) is 18.6 Å². The molecule has 0 aliphatic rings. The van der Waals surface area contributed by atoms with Gasteiger partial charge >= 0.3 is 0 Å². The van der Waals surface area contributed by atoms with Gasteiger partial charge in [0, 0.05) is 19.6 Å². The molecule has 4 heteroatoms. The molecular formula is C14H19N3O. The third-order valence-corrected chi connectivity index (χ3v) is 2.77. The van der Waals surface area contributed by atoms with Crippen LogP contribution in [0.2, 0.25) is 0 Å². The molecular weight excluding hydrogens is 226 g/mol. The number of hydrogen-bond acceptors (Lipinski definition) is 4. The zero-order chi connectivity index (χ0) is 12.8. The minimum absolute atomic E-state index is 0.687. The van der Waals surface area contributed by atoms with Crippen LogP contribution in [0.25, 0.3) is 0 Å². The maximum Gasteiger partial charge on any atom is 0.297 e. The SMILES string of the molecule is CCN(Cc1ccccc1)c1nc(CNC)co1. The van der Waals surface area contributed by atoms with E-state index in [-0.39, 0.29) is 0 Å². The van der Waals surface area contributed by atoms with Gasteiger partial charge in [-0.25, -0.2) is 0 Å². The molecule has 1 N–H and O–H groups in total. The van der Waals surface area contributed by atoms with Crippen molar-refractivity contribution in [3.05, 3.63) is 47.9 Å². The summed E-state index contributed by atoms with van der Waals surface area (Å²) in [7, 11) is 1.90. The van der Waals surface area contributed by atoms with Gasteiger partial charge in [-0.3, -0.25) is 0 Å².